The third-order valence-electron chi connectivity index (χ3n) is 4.79. The lowest BCUT2D eigenvalue weighted by atomic mass is 10.1. The fourth-order valence-electron chi connectivity index (χ4n) is 3.64. The summed E-state index contributed by atoms with van der Waals surface area (Å²) in [5.74, 6) is 0.372. The number of rotatable bonds is 6. The van der Waals surface area contributed by atoms with Gasteiger partial charge >= 0.3 is 12.7 Å². The van der Waals surface area contributed by atoms with Crippen LogP contribution in [0.4, 0.5) is 19.3 Å². The number of carbonyl (C=O) groups is 1. The van der Waals surface area contributed by atoms with Gasteiger partial charge in [0.15, 0.2) is 0 Å². The Bertz CT molecular complexity index is 834. The first-order valence-corrected chi connectivity index (χ1v) is 9.03. The fraction of sp³-hybridized carbons (Fsp3) is 0.350. The van der Waals surface area contributed by atoms with Crippen molar-refractivity contribution in [1.82, 2.24) is 4.90 Å². The molecule has 2 saturated heterocycles. The van der Waals surface area contributed by atoms with Crippen LogP contribution in [0, 0.1) is 0 Å². The number of fused-ring (bicyclic) bond motifs is 2. The van der Waals surface area contributed by atoms with Crippen molar-refractivity contribution in [3.63, 3.8) is 0 Å². The normalized spacial score (nSPS) is 21.1. The molecule has 0 aromatic heterocycles. The summed E-state index contributed by atoms with van der Waals surface area (Å²) in [6.07, 6.45) is 0.519. The number of para-hydroxylation sites is 1. The third kappa shape index (κ3) is 4.58. The van der Waals surface area contributed by atoms with Crippen LogP contribution in [0.2, 0.25) is 0 Å². The number of benzene rings is 2. The Morgan fingerprint density at radius 3 is 2.71 bits per heavy atom. The molecule has 2 aliphatic heterocycles. The number of morpholine rings is 1. The molecular weight excluding hydrogens is 370 g/mol. The summed E-state index contributed by atoms with van der Waals surface area (Å²) in [6, 6.07) is 13.6. The number of alkyl halides is 2. The third-order valence-corrected chi connectivity index (χ3v) is 4.79. The van der Waals surface area contributed by atoms with E-state index in [4.69, 9.17) is 9.47 Å². The van der Waals surface area contributed by atoms with Gasteiger partial charge in [-0.3, -0.25) is 10.2 Å². The summed E-state index contributed by atoms with van der Waals surface area (Å²) < 4.78 is 40.7. The molecule has 2 bridgehead atoms. The summed E-state index contributed by atoms with van der Waals surface area (Å²) in [5, 5.41) is 2.57. The van der Waals surface area contributed by atoms with Crippen molar-refractivity contribution in [3.8, 4) is 11.5 Å². The molecule has 1 amide bonds. The Balaban J connectivity index is 1.48. The van der Waals surface area contributed by atoms with Crippen LogP contribution in [-0.2, 0) is 11.3 Å². The first-order chi connectivity index (χ1) is 13.5. The van der Waals surface area contributed by atoms with E-state index in [1.807, 2.05) is 0 Å². The second kappa shape index (κ2) is 8.12. The van der Waals surface area contributed by atoms with Crippen LogP contribution in [0.15, 0.2) is 48.5 Å². The number of likely N-dealkylation sites (tertiary alicyclic amines) is 1. The number of hydrogen-bond acceptors (Lipinski definition) is 5. The van der Waals surface area contributed by atoms with Crippen LogP contribution in [-0.4, -0.2) is 42.9 Å². The monoisotopic (exact) mass is 390 g/mol. The molecule has 0 radical (unpaired) electrons. The lowest BCUT2D eigenvalue weighted by Gasteiger charge is -2.27. The van der Waals surface area contributed by atoms with E-state index in [1.54, 1.807) is 42.5 Å². The molecule has 4 rings (SSSR count). The van der Waals surface area contributed by atoms with Gasteiger partial charge in [-0.15, -0.1) is 0 Å². The van der Waals surface area contributed by atoms with E-state index in [2.05, 4.69) is 15.0 Å². The Morgan fingerprint density at radius 2 is 2.04 bits per heavy atom. The smallest absolute Gasteiger partial charge is 0.417 e. The van der Waals surface area contributed by atoms with Crippen molar-refractivity contribution < 1.29 is 27.8 Å². The van der Waals surface area contributed by atoms with Crippen LogP contribution in [0.3, 0.4) is 0 Å². The van der Waals surface area contributed by atoms with Gasteiger partial charge in [0.2, 0.25) is 0 Å². The maximum Gasteiger partial charge on any atom is 0.417 e. The highest BCUT2D eigenvalue weighted by molar-refractivity contribution is 5.86. The predicted molar refractivity (Wildman–Crippen MR) is 97.7 cm³/mol. The van der Waals surface area contributed by atoms with Crippen molar-refractivity contribution in [2.75, 3.05) is 18.5 Å². The minimum atomic E-state index is -2.95. The van der Waals surface area contributed by atoms with Gasteiger partial charge in [-0.25, -0.2) is 4.79 Å². The molecule has 2 aromatic rings. The molecule has 2 aromatic carbocycles. The van der Waals surface area contributed by atoms with E-state index in [0.29, 0.717) is 30.6 Å². The van der Waals surface area contributed by atoms with Crippen molar-refractivity contribution >= 4 is 11.8 Å². The lowest BCUT2D eigenvalue weighted by Crippen LogP contribution is -2.36. The summed E-state index contributed by atoms with van der Waals surface area (Å²) in [4.78, 5) is 14.4. The van der Waals surface area contributed by atoms with Gasteiger partial charge in [0.25, 0.3) is 0 Å². The van der Waals surface area contributed by atoms with E-state index in [0.717, 1.165) is 18.5 Å². The van der Waals surface area contributed by atoms with E-state index >= 15 is 0 Å². The standard InChI is InChI=1S/C20H20F2N2O4/c21-19(22)27-17-7-13(10-24-11-18-9-15(24)12-26-18)6-14(8-17)23-20(25)28-16-4-2-1-3-5-16/h1-8,15,18-19H,9-12H2,(H,23,25). The van der Waals surface area contributed by atoms with Gasteiger partial charge in [0.05, 0.1) is 12.7 Å². The van der Waals surface area contributed by atoms with Crippen molar-refractivity contribution in [1.29, 1.82) is 0 Å². The summed E-state index contributed by atoms with van der Waals surface area (Å²) in [6.45, 7) is -0.890. The molecule has 28 heavy (non-hydrogen) atoms. The first kappa shape index (κ1) is 18.6. The molecule has 0 aliphatic carbocycles. The van der Waals surface area contributed by atoms with Crippen LogP contribution >= 0.6 is 0 Å². The number of nitrogens with one attached hydrogen (secondary N) is 1. The van der Waals surface area contributed by atoms with Crippen LogP contribution in [0.1, 0.15) is 12.0 Å². The number of ether oxygens (including phenoxy) is 3. The molecule has 8 heteroatoms. The van der Waals surface area contributed by atoms with Crippen molar-refractivity contribution in [2.24, 2.45) is 0 Å². The van der Waals surface area contributed by atoms with Crippen molar-refractivity contribution in [2.45, 2.75) is 31.7 Å². The van der Waals surface area contributed by atoms with E-state index in [9.17, 15) is 13.6 Å². The van der Waals surface area contributed by atoms with E-state index in [-0.39, 0.29) is 11.9 Å². The highest BCUT2D eigenvalue weighted by Crippen LogP contribution is 2.31. The first-order valence-electron chi connectivity index (χ1n) is 9.03. The zero-order valence-corrected chi connectivity index (χ0v) is 15.0. The average Bonchev–Trinajstić information content (AvgIpc) is 3.24. The second-order valence-corrected chi connectivity index (χ2v) is 6.85. The predicted octanol–water partition coefficient (Wildman–Crippen LogP) is 3.87. The van der Waals surface area contributed by atoms with Gasteiger partial charge in [0, 0.05) is 30.9 Å². The number of halogens is 2. The molecule has 2 heterocycles. The topological polar surface area (TPSA) is 60.0 Å². The maximum absolute atomic E-state index is 12.7. The molecule has 2 atom stereocenters. The van der Waals surface area contributed by atoms with Gasteiger partial charge in [-0.1, -0.05) is 18.2 Å². The van der Waals surface area contributed by atoms with Crippen LogP contribution < -0.4 is 14.8 Å². The number of amides is 1. The number of hydrogen-bond donors (Lipinski definition) is 1. The minimum absolute atomic E-state index is 0.0110. The highest BCUT2D eigenvalue weighted by Gasteiger charge is 2.38. The van der Waals surface area contributed by atoms with Crippen molar-refractivity contribution in [3.05, 3.63) is 54.1 Å². The zero-order valence-electron chi connectivity index (χ0n) is 15.0. The molecule has 6 nitrogen and oxygen atoms in total. The fourth-order valence-corrected chi connectivity index (χ4v) is 3.64. The maximum atomic E-state index is 12.7. The number of nitrogens with zero attached hydrogens (tertiary/aromatic N) is 1. The molecule has 148 valence electrons. The van der Waals surface area contributed by atoms with E-state index < -0.39 is 12.7 Å². The minimum Gasteiger partial charge on any atom is -0.435 e. The summed E-state index contributed by atoms with van der Waals surface area (Å²) in [5.41, 5.74) is 1.09. The van der Waals surface area contributed by atoms with Crippen LogP contribution in [0.5, 0.6) is 11.5 Å². The lowest BCUT2D eigenvalue weighted by molar-refractivity contribution is -0.0498. The molecule has 2 unspecified atom stereocenters. The Labute approximate surface area is 161 Å². The SMILES string of the molecule is O=C(Nc1cc(CN2CC3CC2CO3)cc(OC(F)F)c1)Oc1ccccc1. The quantitative estimate of drug-likeness (QED) is 0.811. The largest absolute Gasteiger partial charge is 0.435 e. The summed E-state index contributed by atoms with van der Waals surface area (Å²) in [7, 11) is 0. The van der Waals surface area contributed by atoms with Gasteiger partial charge < -0.3 is 14.2 Å². The van der Waals surface area contributed by atoms with Crippen LogP contribution in [0.25, 0.3) is 0 Å². The summed E-state index contributed by atoms with van der Waals surface area (Å²) >= 11 is 0. The number of carbonyl (C=O) groups excluding carboxylic acids is 1. The highest BCUT2D eigenvalue weighted by atomic mass is 19.3. The molecule has 0 saturated carbocycles. The molecular formula is C20H20F2N2O4. The Morgan fingerprint density at radius 1 is 1.21 bits per heavy atom. The second-order valence-electron chi connectivity index (χ2n) is 6.85. The average molecular weight is 390 g/mol. The Hall–Kier alpha value is -2.71. The molecule has 2 fully saturated rings. The molecule has 1 N–H and O–H groups in total. The van der Waals surface area contributed by atoms with Gasteiger partial charge in [-0.2, -0.15) is 8.78 Å². The number of anilines is 1. The molecule has 2 aliphatic rings. The molecule has 0 spiro atoms. The van der Waals surface area contributed by atoms with Gasteiger partial charge in [0.1, 0.15) is 11.5 Å². The van der Waals surface area contributed by atoms with E-state index in [1.165, 1.54) is 6.07 Å². The Kier molecular flexibility index (Phi) is 5.40. The zero-order chi connectivity index (χ0) is 19.5. The van der Waals surface area contributed by atoms with Gasteiger partial charge in [-0.05, 0) is 36.2 Å².